The summed E-state index contributed by atoms with van der Waals surface area (Å²) < 4.78 is 5.54. The third-order valence-electron chi connectivity index (χ3n) is 3.96. The quantitative estimate of drug-likeness (QED) is 0.813. The molecule has 0 aliphatic rings. The van der Waals surface area contributed by atoms with E-state index in [2.05, 4.69) is 19.2 Å². The van der Waals surface area contributed by atoms with Crippen LogP contribution in [0.15, 0.2) is 48.5 Å². The van der Waals surface area contributed by atoms with Gasteiger partial charge in [0.15, 0.2) is 6.61 Å². The van der Waals surface area contributed by atoms with Gasteiger partial charge in [-0.1, -0.05) is 50.2 Å². The lowest BCUT2D eigenvalue weighted by Crippen LogP contribution is -2.39. The molecule has 2 aromatic carbocycles. The molecule has 0 fully saturated rings. The van der Waals surface area contributed by atoms with E-state index in [9.17, 15) is 9.59 Å². The molecule has 0 heterocycles. The van der Waals surface area contributed by atoms with Crippen LogP contribution in [0.2, 0.25) is 0 Å². The van der Waals surface area contributed by atoms with Crippen LogP contribution < -0.4 is 15.8 Å². The fourth-order valence-corrected chi connectivity index (χ4v) is 2.70. The van der Waals surface area contributed by atoms with E-state index < -0.39 is 17.9 Å². The van der Waals surface area contributed by atoms with Gasteiger partial charge in [0.05, 0.1) is 0 Å². The van der Waals surface area contributed by atoms with E-state index in [0.29, 0.717) is 17.2 Å². The third-order valence-corrected chi connectivity index (χ3v) is 3.96. The van der Waals surface area contributed by atoms with E-state index in [1.165, 1.54) is 5.56 Å². The minimum Gasteiger partial charge on any atom is -0.484 e. The van der Waals surface area contributed by atoms with E-state index in [1.807, 2.05) is 31.2 Å². The Morgan fingerprint density at radius 1 is 1.12 bits per heavy atom. The van der Waals surface area contributed by atoms with Crippen molar-refractivity contribution in [2.24, 2.45) is 5.73 Å². The van der Waals surface area contributed by atoms with Gasteiger partial charge in [-0.25, -0.2) is 0 Å². The number of aryl methyl sites for hydroxylation is 1. The SMILES string of the molecule is Cc1cc(OCC(=O)NC(C(N)=O)c2ccccc2)ccc1C(C)C. The molecule has 2 amide bonds. The topological polar surface area (TPSA) is 81.4 Å². The molecule has 25 heavy (non-hydrogen) atoms. The zero-order valence-electron chi connectivity index (χ0n) is 14.8. The summed E-state index contributed by atoms with van der Waals surface area (Å²) in [5.41, 5.74) is 8.40. The molecule has 0 radical (unpaired) electrons. The maximum atomic E-state index is 12.1. The van der Waals surface area contributed by atoms with Crippen molar-refractivity contribution >= 4 is 11.8 Å². The molecule has 5 nitrogen and oxygen atoms in total. The summed E-state index contributed by atoms with van der Waals surface area (Å²) >= 11 is 0. The molecule has 132 valence electrons. The zero-order chi connectivity index (χ0) is 18.4. The number of ether oxygens (including phenoxy) is 1. The number of hydrogen-bond acceptors (Lipinski definition) is 3. The van der Waals surface area contributed by atoms with Gasteiger partial charge in [0.1, 0.15) is 11.8 Å². The number of rotatable bonds is 7. The monoisotopic (exact) mass is 340 g/mol. The van der Waals surface area contributed by atoms with Crippen LogP contribution in [0.25, 0.3) is 0 Å². The summed E-state index contributed by atoms with van der Waals surface area (Å²) in [4.78, 5) is 23.7. The highest BCUT2D eigenvalue weighted by Crippen LogP contribution is 2.23. The fraction of sp³-hybridized carbons (Fsp3) is 0.300. The van der Waals surface area contributed by atoms with Crippen LogP contribution in [-0.2, 0) is 9.59 Å². The van der Waals surface area contributed by atoms with Crippen LogP contribution in [0.1, 0.15) is 42.5 Å². The number of benzene rings is 2. The highest BCUT2D eigenvalue weighted by atomic mass is 16.5. The van der Waals surface area contributed by atoms with Crippen molar-refractivity contribution in [2.75, 3.05) is 6.61 Å². The zero-order valence-corrected chi connectivity index (χ0v) is 14.8. The van der Waals surface area contributed by atoms with Crippen LogP contribution in [0.4, 0.5) is 0 Å². The molecule has 2 rings (SSSR count). The van der Waals surface area contributed by atoms with Crippen molar-refractivity contribution in [2.45, 2.75) is 32.7 Å². The molecule has 0 aromatic heterocycles. The van der Waals surface area contributed by atoms with Crippen molar-refractivity contribution in [3.8, 4) is 5.75 Å². The Kier molecular flexibility index (Phi) is 6.17. The molecular formula is C20H24N2O3. The fourth-order valence-electron chi connectivity index (χ4n) is 2.70. The van der Waals surface area contributed by atoms with Crippen molar-refractivity contribution < 1.29 is 14.3 Å². The first-order valence-corrected chi connectivity index (χ1v) is 8.25. The maximum Gasteiger partial charge on any atom is 0.258 e. The number of hydrogen-bond donors (Lipinski definition) is 2. The Hall–Kier alpha value is -2.82. The lowest BCUT2D eigenvalue weighted by Gasteiger charge is -2.16. The normalized spacial score (nSPS) is 11.8. The summed E-state index contributed by atoms with van der Waals surface area (Å²) in [5.74, 6) is 0.0295. The Morgan fingerprint density at radius 3 is 2.36 bits per heavy atom. The molecule has 0 saturated heterocycles. The second-order valence-electron chi connectivity index (χ2n) is 6.28. The Bertz CT molecular complexity index is 742. The van der Waals surface area contributed by atoms with Gasteiger partial charge in [-0.3, -0.25) is 9.59 Å². The molecular weight excluding hydrogens is 316 g/mol. The van der Waals surface area contributed by atoms with Crippen LogP contribution in [0.5, 0.6) is 5.75 Å². The number of carbonyl (C=O) groups is 2. The van der Waals surface area contributed by atoms with Gasteiger partial charge in [0.25, 0.3) is 5.91 Å². The summed E-state index contributed by atoms with van der Waals surface area (Å²) in [7, 11) is 0. The van der Waals surface area contributed by atoms with Gasteiger partial charge in [0.2, 0.25) is 5.91 Å². The first-order chi connectivity index (χ1) is 11.9. The van der Waals surface area contributed by atoms with E-state index in [0.717, 1.165) is 5.56 Å². The molecule has 0 saturated carbocycles. The molecule has 1 atom stereocenters. The lowest BCUT2D eigenvalue weighted by molar-refractivity contribution is -0.128. The average molecular weight is 340 g/mol. The summed E-state index contributed by atoms with van der Waals surface area (Å²) in [6, 6.07) is 13.8. The van der Waals surface area contributed by atoms with Gasteiger partial charge in [-0.15, -0.1) is 0 Å². The Balaban J connectivity index is 1.98. The average Bonchev–Trinajstić information content (AvgIpc) is 2.58. The number of nitrogens with two attached hydrogens (primary N) is 1. The number of nitrogens with one attached hydrogen (secondary N) is 1. The predicted octanol–water partition coefficient (Wildman–Crippen LogP) is 2.84. The maximum absolute atomic E-state index is 12.1. The minimum absolute atomic E-state index is 0.183. The Labute approximate surface area is 148 Å². The standard InChI is InChI=1S/C20H24N2O3/c1-13(2)17-10-9-16(11-14(17)3)25-12-18(23)22-19(20(21)24)15-7-5-4-6-8-15/h4-11,13,19H,12H2,1-3H3,(H2,21,24)(H,22,23). The number of carbonyl (C=O) groups excluding carboxylic acids is 2. The van der Waals surface area contributed by atoms with E-state index >= 15 is 0 Å². The smallest absolute Gasteiger partial charge is 0.258 e. The highest BCUT2D eigenvalue weighted by molar-refractivity contribution is 5.88. The lowest BCUT2D eigenvalue weighted by atomic mass is 9.98. The van der Waals surface area contributed by atoms with Gasteiger partial charge in [-0.2, -0.15) is 0 Å². The van der Waals surface area contributed by atoms with Crippen molar-refractivity contribution in [3.05, 3.63) is 65.2 Å². The third kappa shape index (κ3) is 5.08. The van der Waals surface area contributed by atoms with Gasteiger partial charge >= 0.3 is 0 Å². The van der Waals surface area contributed by atoms with Crippen molar-refractivity contribution in [1.82, 2.24) is 5.32 Å². The molecule has 0 spiro atoms. The Morgan fingerprint density at radius 2 is 1.80 bits per heavy atom. The van der Waals surface area contributed by atoms with Crippen molar-refractivity contribution in [3.63, 3.8) is 0 Å². The molecule has 0 bridgehead atoms. The second kappa shape index (κ2) is 8.33. The summed E-state index contributed by atoms with van der Waals surface area (Å²) in [6.07, 6.45) is 0. The van der Waals surface area contributed by atoms with Crippen LogP contribution in [0.3, 0.4) is 0 Å². The first-order valence-electron chi connectivity index (χ1n) is 8.25. The molecule has 3 N–H and O–H groups in total. The molecule has 0 aliphatic heterocycles. The van der Waals surface area contributed by atoms with E-state index in [4.69, 9.17) is 10.5 Å². The van der Waals surface area contributed by atoms with Gasteiger partial charge in [-0.05, 0) is 41.7 Å². The minimum atomic E-state index is -0.873. The van der Waals surface area contributed by atoms with Gasteiger partial charge in [0, 0.05) is 0 Å². The largest absolute Gasteiger partial charge is 0.484 e. The number of amides is 2. The van der Waals surface area contributed by atoms with Gasteiger partial charge < -0.3 is 15.8 Å². The van der Waals surface area contributed by atoms with Crippen LogP contribution in [0, 0.1) is 6.92 Å². The highest BCUT2D eigenvalue weighted by Gasteiger charge is 2.20. The molecule has 5 heteroatoms. The van der Waals surface area contributed by atoms with E-state index in [-0.39, 0.29) is 6.61 Å². The molecule has 2 aromatic rings. The van der Waals surface area contributed by atoms with Crippen LogP contribution in [-0.4, -0.2) is 18.4 Å². The van der Waals surface area contributed by atoms with Crippen molar-refractivity contribution in [1.29, 1.82) is 0 Å². The summed E-state index contributed by atoms with van der Waals surface area (Å²) in [5, 5.41) is 2.61. The molecule has 0 aliphatic carbocycles. The summed E-state index contributed by atoms with van der Waals surface area (Å²) in [6.45, 7) is 6.09. The first kappa shape index (κ1) is 18.5. The molecule has 1 unspecified atom stereocenters. The number of primary amides is 1. The predicted molar refractivity (Wildman–Crippen MR) is 97.3 cm³/mol. The second-order valence-corrected chi connectivity index (χ2v) is 6.28. The van der Waals surface area contributed by atoms with Crippen LogP contribution >= 0.6 is 0 Å². The van der Waals surface area contributed by atoms with E-state index in [1.54, 1.807) is 24.3 Å².